The predicted molar refractivity (Wildman–Crippen MR) is 79.7 cm³/mol. The SMILES string of the molecule is N#CC1(COc2ccc(SC(F)(F)F)c3c2CC(F)(F)C3O)CC(F)(F)C1. The lowest BCUT2D eigenvalue weighted by molar-refractivity contribution is -0.148. The molecule has 0 amide bonds. The average molecular weight is 415 g/mol. The molecule has 27 heavy (non-hydrogen) atoms. The summed E-state index contributed by atoms with van der Waals surface area (Å²) >= 11 is -0.638. The topological polar surface area (TPSA) is 53.2 Å². The van der Waals surface area contributed by atoms with Crippen molar-refractivity contribution >= 4 is 11.8 Å². The van der Waals surface area contributed by atoms with Gasteiger partial charge in [0.15, 0.2) is 0 Å². The number of hydrogen-bond donors (Lipinski definition) is 1. The summed E-state index contributed by atoms with van der Waals surface area (Å²) in [5.74, 6) is -6.96. The van der Waals surface area contributed by atoms with E-state index in [1.54, 1.807) is 6.07 Å². The van der Waals surface area contributed by atoms with Crippen LogP contribution < -0.4 is 4.74 Å². The average Bonchev–Trinajstić information content (AvgIpc) is 2.73. The summed E-state index contributed by atoms with van der Waals surface area (Å²) in [7, 11) is 0. The molecule has 1 saturated carbocycles. The first-order chi connectivity index (χ1) is 12.3. The minimum atomic E-state index is -4.75. The maximum Gasteiger partial charge on any atom is 0.446 e. The van der Waals surface area contributed by atoms with Crippen LogP contribution in [0.5, 0.6) is 5.75 Å². The molecule has 11 heteroatoms. The van der Waals surface area contributed by atoms with Gasteiger partial charge in [0.1, 0.15) is 23.9 Å². The van der Waals surface area contributed by atoms with Crippen molar-refractivity contribution in [3.8, 4) is 11.8 Å². The van der Waals surface area contributed by atoms with Gasteiger partial charge in [0.25, 0.3) is 11.8 Å². The maximum atomic E-state index is 13.9. The second-order valence-electron chi connectivity index (χ2n) is 6.73. The second-order valence-corrected chi connectivity index (χ2v) is 7.84. The van der Waals surface area contributed by atoms with E-state index in [2.05, 4.69) is 0 Å². The van der Waals surface area contributed by atoms with Gasteiger partial charge in [-0.3, -0.25) is 0 Å². The quantitative estimate of drug-likeness (QED) is 0.565. The lowest BCUT2D eigenvalue weighted by Crippen LogP contribution is -2.48. The molecule has 1 atom stereocenters. The van der Waals surface area contributed by atoms with Gasteiger partial charge in [0.2, 0.25) is 0 Å². The summed E-state index contributed by atoms with van der Waals surface area (Å²) in [4.78, 5) is -0.584. The highest BCUT2D eigenvalue weighted by molar-refractivity contribution is 8.00. The number of nitrogens with zero attached hydrogens (tertiary/aromatic N) is 1. The summed E-state index contributed by atoms with van der Waals surface area (Å²) in [6.07, 6.45) is -5.00. The minimum absolute atomic E-state index is 0.252. The normalized spacial score (nSPS) is 24.6. The van der Waals surface area contributed by atoms with E-state index >= 15 is 0 Å². The van der Waals surface area contributed by atoms with Gasteiger partial charge in [0.05, 0.1) is 6.07 Å². The third-order valence-electron chi connectivity index (χ3n) is 4.52. The summed E-state index contributed by atoms with van der Waals surface area (Å²) in [6.45, 7) is -0.515. The van der Waals surface area contributed by atoms with Crippen LogP contribution in [0.3, 0.4) is 0 Å². The van der Waals surface area contributed by atoms with E-state index in [9.17, 15) is 35.8 Å². The van der Waals surface area contributed by atoms with Crippen LogP contribution in [0.25, 0.3) is 0 Å². The molecule has 0 spiro atoms. The zero-order valence-electron chi connectivity index (χ0n) is 13.4. The first kappa shape index (κ1) is 20.1. The second kappa shape index (κ2) is 6.17. The first-order valence-corrected chi connectivity index (χ1v) is 8.49. The van der Waals surface area contributed by atoms with Crippen LogP contribution in [-0.2, 0) is 6.42 Å². The van der Waals surface area contributed by atoms with Gasteiger partial charge in [-0.05, 0) is 23.9 Å². The third kappa shape index (κ3) is 3.82. The number of halogens is 7. The Balaban J connectivity index is 1.89. The Morgan fingerprint density at radius 1 is 1.22 bits per heavy atom. The van der Waals surface area contributed by atoms with Gasteiger partial charge >= 0.3 is 5.51 Å². The zero-order chi connectivity index (χ0) is 20.3. The van der Waals surface area contributed by atoms with E-state index in [1.165, 1.54) is 0 Å². The van der Waals surface area contributed by atoms with Crippen LogP contribution in [0.4, 0.5) is 30.7 Å². The molecular weight excluding hydrogens is 403 g/mol. The Morgan fingerprint density at radius 3 is 2.37 bits per heavy atom. The summed E-state index contributed by atoms with van der Waals surface area (Å²) in [6, 6.07) is 3.62. The smallest absolute Gasteiger partial charge is 0.446 e. The number of rotatable bonds is 4. The molecule has 1 fully saturated rings. The fourth-order valence-electron chi connectivity index (χ4n) is 3.37. The molecule has 1 aromatic carbocycles. The molecule has 3 rings (SSSR count). The van der Waals surface area contributed by atoms with E-state index in [0.29, 0.717) is 0 Å². The highest BCUT2D eigenvalue weighted by Gasteiger charge is 2.58. The Kier molecular flexibility index (Phi) is 4.59. The molecule has 2 aliphatic carbocycles. The number of nitriles is 1. The molecule has 0 aliphatic heterocycles. The van der Waals surface area contributed by atoms with Gasteiger partial charge in [-0.1, -0.05) is 0 Å². The highest BCUT2D eigenvalue weighted by atomic mass is 32.2. The number of benzene rings is 1. The lowest BCUT2D eigenvalue weighted by Gasteiger charge is -2.41. The van der Waals surface area contributed by atoms with Crippen LogP contribution >= 0.6 is 11.8 Å². The molecule has 1 N–H and O–H groups in total. The molecular formula is C16H12F7NO2S. The molecule has 1 aromatic rings. The Hall–Kier alpha value is -1.67. The Bertz CT molecular complexity index is 795. The summed E-state index contributed by atoms with van der Waals surface area (Å²) in [5, 5.41) is 18.9. The number of alkyl halides is 7. The van der Waals surface area contributed by atoms with E-state index < -0.39 is 77.0 Å². The zero-order valence-corrected chi connectivity index (χ0v) is 14.2. The van der Waals surface area contributed by atoms with Gasteiger partial charge in [-0.25, -0.2) is 17.6 Å². The number of fused-ring (bicyclic) bond motifs is 1. The standard InChI is InChI=1S/C16H12F7NO2S/c17-14(18)4-13(5-14,6-24)7-26-9-1-2-10(27-16(21,22)23)11-8(9)3-15(19,20)12(11)25/h1-2,12,25H,3-5,7H2. The van der Waals surface area contributed by atoms with Crippen LogP contribution in [0.1, 0.15) is 30.1 Å². The molecule has 0 saturated heterocycles. The highest BCUT2D eigenvalue weighted by Crippen LogP contribution is 2.54. The van der Waals surface area contributed by atoms with Gasteiger partial charge in [-0.2, -0.15) is 18.4 Å². The lowest BCUT2D eigenvalue weighted by atomic mass is 9.67. The fraction of sp³-hybridized carbons (Fsp3) is 0.562. The monoisotopic (exact) mass is 415 g/mol. The number of aliphatic hydroxyl groups excluding tert-OH is 1. The van der Waals surface area contributed by atoms with E-state index in [4.69, 9.17) is 10.00 Å². The number of aliphatic hydroxyl groups is 1. The van der Waals surface area contributed by atoms with Crippen molar-refractivity contribution in [1.82, 2.24) is 0 Å². The number of hydrogen-bond acceptors (Lipinski definition) is 4. The Morgan fingerprint density at radius 2 is 1.85 bits per heavy atom. The molecule has 0 bridgehead atoms. The third-order valence-corrected chi connectivity index (χ3v) is 5.33. The fourth-order valence-corrected chi connectivity index (χ4v) is 4.10. The van der Waals surface area contributed by atoms with Crippen molar-refractivity contribution in [3.05, 3.63) is 23.3 Å². The molecule has 3 nitrogen and oxygen atoms in total. The number of thioether (sulfide) groups is 1. The van der Waals surface area contributed by atoms with Gasteiger partial charge < -0.3 is 9.84 Å². The number of ether oxygens (including phenoxy) is 1. The largest absolute Gasteiger partial charge is 0.492 e. The van der Waals surface area contributed by atoms with Gasteiger partial charge in [0, 0.05) is 35.3 Å². The van der Waals surface area contributed by atoms with E-state index in [1.807, 2.05) is 0 Å². The summed E-state index contributed by atoms with van der Waals surface area (Å²) < 4.78 is 97.2. The van der Waals surface area contributed by atoms with Crippen molar-refractivity contribution in [1.29, 1.82) is 5.26 Å². The van der Waals surface area contributed by atoms with Crippen LogP contribution in [-0.4, -0.2) is 29.1 Å². The van der Waals surface area contributed by atoms with E-state index in [-0.39, 0.29) is 11.3 Å². The molecule has 0 aromatic heterocycles. The first-order valence-electron chi connectivity index (χ1n) is 7.67. The van der Waals surface area contributed by atoms with Crippen molar-refractivity contribution in [2.75, 3.05) is 6.61 Å². The molecule has 1 unspecified atom stereocenters. The van der Waals surface area contributed by atoms with E-state index in [0.717, 1.165) is 12.1 Å². The maximum absolute atomic E-state index is 13.9. The minimum Gasteiger partial charge on any atom is -0.492 e. The molecule has 2 aliphatic rings. The van der Waals surface area contributed by atoms with Crippen molar-refractivity contribution in [2.24, 2.45) is 5.41 Å². The molecule has 0 radical (unpaired) electrons. The van der Waals surface area contributed by atoms with Crippen LogP contribution in [0.2, 0.25) is 0 Å². The van der Waals surface area contributed by atoms with Crippen LogP contribution in [0, 0.1) is 16.7 Å². The van der Waals surface area contributed by atoms with Crippen molar-refractivity contribution in [2.45, 2.75) is 47.6 Å². The molecule has 0 heterocycles. The van der Waals surface area contributed by atoms with Crippen molar-refractivity contribution in [3.63, 3.8) is 0 Å². The van der Waals surface area contributed by atoms with Crippen LogP contribution in [0.15, 0.2) is 17.0 Å². The summed E-state index contributed by atoms with van der Waals surface area (Å²) in [5.41, 5.74) is -7.16. The Labute approximate surface area is 153 Å². The predicted octanol–water partition coefficient (Wildman–Crippen LogP) is 4.84. The van der Waals surface area contributed by atoms with Gasteiger partial charge in [-0.15, -0.1) is 0 Å². The molecule has 148 valence electrons. The van der Waals surface area contributed by atoms with Crippen molar-refractivity contribution < 1.29 is 40.6 Å².